The zero-order valence-electron chi connectivity index (χ0n) is 5.63. The number of hydrogen-bond acceptors (Lipinski definition) is 2. The van der Waals surface area contributed by atoms with E-state index in [0.717, 1.165) is 6.42 Å². The molecule has 0 aromatic heterocycles. The summed E-state index contributed by atoms with van der Waals surface area (Å²) in [5.74, 6) is 0.668. The van der Waals surface area contributed by atoms with Crippen LogP contribution >= 0.6 is 0 Å². The molecule has 0 aliphatic heterocycles. The average Bonchev–Trinajstić information content (AvgIpc) is 2.15. The van der Waals surface area contributed by atoms with Crippen molar-refractivity contribution in [1.82, 2.24) is 0 Å². The van der Waals surface area contributed by atoms with Crippen molar-refractivity contribution >= 4 is 5.78 Å². The normalized spacial score (nSPS) is 35.6. The molecule has 1 rings (SSSR count). The Labute approximate surface area is 54.9 Å². The lowest BCUT2D eigenvalue weighted by atomic mass is 9.99. The molecule has 2 heteroatoms. The molecule has 1 N–H and O–H groups in total. The summed E-state index contributed by atoms with van der Waals surface area (Å²) in [5.41, 5.74) is 0. The second-order valence-corrected chi connectivity index (χ2v) is 2.74. The molecule has 0 aromatic carbocycles. The minimum absolute atomic E-state index is 0.106. The van der Waals surface area contributed by atoms with Crippen LogP contribution in [0, 0.1) is 11.8 Å². The molecule has 1 fully saturated rings. The fraction of sp³-hybridized carbons (Fsp3) is 0.857. The number of carbonyl (C=O) groups excluding carboxylic acids is 1. The van der Waals surface area contributed by atoms with Crippen LogP contribution in [-0.4, -0.2) is 17.5 Å². The van der Waals surface area contributed by atoms with Gasteiger partial charge in [0.2, 0.25) is 0 Å². The van der Waals surface area contributed by atoms with Crippen molar-refractivity contribution in [3.05, 3.63) is 0 Å². The molecule has 0 radical (unpaired) electrons. The predicted octanol–water partition coefficient (Wildman–Crippen LogP) is 0.594. The summed E-state index contributed by atoms with van der Waals surface area (Å²) in [7, 11) is 0. The Morgan fingerprint density at radius 1 is 1.78 bits per heavy atom. The first-order valence-electron chi connectivity index (χ1n) is 3.39. The van der Waals surface area contributed by atoms with Crippen LogP contribution in [0.15, 0.2) is 0 Å². The van der Waals surface area contributed by atoms with Crippen LogP contribution < -0.4 is 0 Å². The summed E-state index contributed by atoms with van der Waals surface area (Å²) >= 11 is 0. The second kappa shape index (κ2) is 2.48. The maximum Gasteiger partial charge on any atom is 0.136 e. The Balaban J connectivity index is 2.51. The second-order valence-electron chi connectivity index (χ2n) is 2.74. The topological polar surface area (TPSA) is 37.3 Å². The third-order valence-corrected chi connectivity index (χ3v) is 2.21. The van der Waals surface area contributed by atoms with Gasteiger partial charge in [0.25, 0.3) is 0 Å². The van der Waals surface area contributed by atoms with Crippen LogP contribution in [0.4, 0.5) is 0 Å². The molecule has 0 aromatic rings. The Kier molecular flexibility index (Phi) is 1.86. The molecular formula is C7H12O2. The van der Waals surface area contributed by atoms with Crippen molar-refractivity contribution in [2.45, 2.75) is 19.8 Å². The highest BCUT2D eigenvalue weighted by Crippen LogP contribution is 2.27. The summed E-state index contributed by atoms with van der Waals surface area (Å²) in [6, 6.07) is 0. The van der Waals surface area contributed by atoms with Crippen LogP contribution in [-0.2, 0) is 4.79 Å². The molecular weight excluding hydrogens is 116 g/mol. The van der Waals surface area contributed by atoms with Gasteiger partial charge >= 0.3 is 0 Å². The summed E-state index contributed by atoms with van der Waals surface area (Å²) in [4.78, 5) is 10.8. The van der Waals surface area contributed by atoms with Gasteiger partial charge in [-0.15, -0.1) is 0 Å². The van der Waals surface area contributed by atoms with Crippen molar-refractivity contribution in [2.75, 3.05) is 6.61 Å². The number of ketones is 1. The first-order chi connectivity index (χ1) is 4.25. The zero-order valence-corrected chi connectivity index (χ0v) is 5.63. The van der Waals surface area contributed by atoms with Gasteiger partial charge in [-0.3, -0.25) is 4.79 Å². The van der Waals surface area contributed by atoms with E-state index in [1.165, 1.54) is 0 Å². The van der Waals surface area contributed by atoms with E-state index in [0.29, 0.717) is 12.2 Å². The first-order valence-corrected chi connectivity index (χ1v) is 3.39. The zero-order chi connectivity index (χ0) is 6.85. The third-order valence-electron chi connectivity index (χ3n) is 2.21. The average molecular weight is 128 g/mol. The van der Waals surface area contributed by atoms with Crippen LogP contribution in [0.3, 0.4) is 0 Å². The number of hydrogen-bond donors (Lipinski definition) is 1. The van der Waals surface area contributed by atoms with Gasteiger partial charge in [0.15, 0.2) is 0 Å². The van der Waals surface area contributed by atoms with Gasteiger partial charge in [-0.1, -0.05) is 6.92 Å². The van der Waals surface area contributed by atoms with E-state index in [2.05, 4.69) is 0 Å². The molecule has 2 nitrogen and oxygen atoms in total. The first kappa shape index (κ1) is 6.75. The van der Waals surface area contributed by atoms with Gasteiger partial charge in [-0.2, -0.15) is 0 Å². The molecule has 1 unspecified atom stereocenters. The van der Waals surface area contributed by atoms with Crippen molar-refractivity contribution in [3.63, 3.8) is 0 Å². The Morgan fingerprint density at radius 2 is 2.44 bits per heavy atom. The molecule has 0 bridgehead atoms. The Morgan fingerprint density at radius 3 is 2.67 bits per heavy atom. The maximum atomic E-state index is 10.8. The fourth-order valence-electron chi connectivity index (χ4n) is 1.32. The maximum absolute atomic E-state index is 10.8. The highest BCUT2D eigenvalue weighted by molar-refractivity contribution is 5.82. The lowest BCUT2D eigenvalue weighted by molar-refractivity contribution is -0.120. The van der Waals surface area contributed by atoms with E-state index in [1.54, 1.807) is 0 Å². The summed E-state index contributed by atoms with van der Waals surface area (Å²) in [5, 5.41) is 8.70. The monoisotopic (exact) mass is 128 g/mol. The Hall–Kier alpha value is -0.370. The van der Waals surface area contributed by atoms with Crippen molar-refractivity contribution in [1.29, 1.82) is 0 Å². The minimum Gasteiger partial charge on any atom is -0.396 e. The molecule has 0 saturated heterocycles. The van der Waals surface area contributed by atoms with E-state index in [-0.39, 0.29) is 18.4 Å². The molecule has 1 aliphatic rings. The number of Topliss-reactive ketones (excluding diaryl/α,β-unsaturated/α-hetero) is 1. The van der Waals surface area contributed by atoms with Crippen molar-refractivity contribution in [3.8, 4) is 0 Å². The molecule has 1 saturated carbocycles. The van der Waals surface area contributed by atoms with Gasteiger partial charge in [-0.25, -0.2) is 0 Å². The lowest BCUT2D eigenvalue weighted by Crippen LogP contribution is -2.13. The van der Waals surface area contributed by atoms with Gasteiger partial charge in [0.1, 0.15) is 5.78 Å². The molecule has 0 heterocycles. The molecule has 9 heavy (non-hydrogen) atoms. The largest absolute Gasteiger partial charge is 0.396 e. The SMILES string of the molecule is CC1C(=O)CC[C@H]1CO. The third kappa shape index (κ3) is 1.13. The van der Waals surface area contributed by atoms with E-state index in [9.17, 15) is 4.79 Å². The van der Waals surface area contributed by atoms with Gasteiger partial charge < -0.3 is 5.11 Å². The van der Waals surface area contributed by atoms with E-state index in [1.807, 2.05) is 6.92 Å². The predicted molar refractivity (Wildman–Crippen MR) is 34.0 cm³/mol. The van der Waals surface area contributed by atoms with Crippen LogP contribution in [0.2, 0.25) is 0 Å². The van der Waals surface area contributed by atoms with Gasteiger partial charge in [-0.05, 0) is 12.3 Å². The number of aliphatic hydroxyl groups is 1. The summed E-state index contributed by atoms with van der Waals surface area (Å²) in [6.07, 6.45) is 1.56. The number of aliphatic hydroxyl groups excluding tert-OH is 1. The molecule has 2 atom stereocenters. The van der Waals surface area contributed by atoms with Crippen LogP contribution in [0.5, 0.6) is 0 Å². The van der Waals surface area contributed by atoms with Gasteiger partial charge in [0, 0.05) is 18.9 Å². The molecule has 52 valence electrons. The van der Waals surface area contributed by atoms with E-state index >= 15 is 0 Å². The molecule has 0 spiro atoms. The number of rotatable bonds is 1. The summed E-state index contributed by atoms with van der Waals surface area (Å²) < 4.78 is 0. The molecule has 1 aliphatic carbocycles. The van der Waals surface area contributed by atoms with E-state index < -0.39 is 0 Å². The minimum atomic E-state index is 0.106. The van der Waals surface area contributed by atoms with Gasteiger partial charge in [0.05, 0.1) is 0 Å². The van der Waals surface area contributed by atoms with Crippen LogP contribution in [0.1, 0.15) is 19.8 Å². The molecule has 0 amide bonds. The lowest BCUT2D eigenvalue weighted by Gasteiger charge is -2.08. The van der Waals surface area contributed by atoms with Crippen molar-refractivity contribution in [2.24, 2.45) is 11.8 Å². The van der Waals surface area contributed by atoms with E-state index in [4.69, 9.17) is 5.11 Å². The fourth-order valence-corrected chi connectivity index (χ4v) is 1.32. The summed E-state index contributed by atoms with van der Waals surface area (Å²) in [6.45, 7) is 2.07. The van der Waals surface area contributed by atoms with Crippen molar-refractivity contribution < 1.29 is 9.90 Å². The van der Waals surface area contributed by atoms with Crippen LogP contribution in [0.25, 0.3) is 0 Å². The quantitative estimate of drug-likeness (QED) is 0.561. The highest BCUT2D eigenvalue weighted by atomic mass is 16.3. The Bertz CT molecular complexity index is 120. The standard InChI is InChI=1S/C7H12O2/c1-5-6(4-8)2-3-7(5)9/h5-6,8H,2-4H2,1H3/t5?,6-/m0/s1. The highest BCUT2D eigenvalue weighted by Gasteiger charge is 2.29. The number of carbonyl (C=O) groups is 1. The smallest absolute Gasteiger partial charge is 0.136 e.